The normalized spacial score (nSPS) is 20.6. The van der Waals surface area contributed by atoms with Crippen LogP contribution in [0.4, 0.5) is 4.79 Å². The van der Waals surface area contributed by atoms with Crippen LogP contribution in [0, 0.1) is 6.92 Å². The third kappa shape index (κ3) is 5.86. The van der Waals surface area contributed by atoms with Gasteiger partial charge in [0.1, 0.15) is 17.1 Å². The Morgan fingerprint density at radius 1 is 1.36 bits per heavy atom. The molecule has 0 aromatic carbocycles. The number of carbonyl (C=O) groups excluding carboxylic acids is 2. The lowest BCUT2D eigenvalue weighted by Crippen LogP contribution is -2.43. The summed E-state index contributed by atoms with van der Waals surface area (Å²) in [5.41, 5.74) is -0.784. The molecule has 8 nitrogen and oxygen atoms in total. The van der Waals surface area contributed by atoms with Crippen LogP contribution in [0.5, 0.6) is 0 Å². The summed E-state index contributed by atoms with van der Waals surface area (Å²) in [4.78, 5) is 30.2. The Bertz CT molecular complexity index is 705. The average molecular weight is 505 g/mol. The summed E-state index contributed by atoms with van der Waals surface area (Å²) in [5, 5.41) is 9.26. The fourth-order valence-electron chi connectivity index (χ4n) is 2.89. The highest BCUT2D eigenvalue weighted by Crippen LogP contribution is 2.20. The molecule has 158 valence electrons. The van der Waals surface area contributed by atoms with Crippen molar-refractivity contribution in [3.63, 3.8) is 0 Å². The molecule has 28 heavy (non-hydrogen) atoms. The van der Waals surface area contributed by atoms with Crippen molar-refractivity contribution in [3.05, 3.63) is 23.7 Å². The fourth-order valence-corrected chi connectivity index (χ4v) is 2.89. The third-order valence-corrected chi connectivity index (χ3v) is 4.75. The van der Waals surface area contributed by atoms with Crippen molar-refractivity contribution >= 4 is 41.9 Å². The molecule has 3 amide bonds. The SMILES string of the molecule is CCNC(=NCCCN1C(=O)NC(C)(CC)C1=O)NC(C)c1ccc(C)o1.I. The van der Waals surface area contributed by atoms with Crippen molar-refractivity contribution in [3.8, 4) is 0 Å². The second kappa shape index (κ2) is 10.7. The van der Waals surface area contributed by atoms with Gasteiger partial charge < -0.3 is 20.4 Å². The lowest BCUT2D eigenvalue weighted by atomic mass is 9.99. The molecule has 1 fully saturated rings. The maximum Gasteiger partial charge on any atom is 0.325 e. The second-order valence-electron chi connectivity index (χ2n) is 7.00. The number of imide groups is 1. The van der Waals surface area contributed by atoms with Crippen LogP contribution in [-0.2, 0) is 4.79 Å². The first-order valence-electron chi connectivity index (χ1n) is 9.56. The first kappa shape index (κ1) is 24.3. The van der Waals surface area contributed by atoms with Gasteiger partial charge >= 0.3 is 6.03 Å². The number of hydrogen-bond donors (Lipinski definition) is 3. The van der Waals surface area contributed by atoms with Crippen LogP contribution in [0.1, 0.15) is 58.1 Å². The largest absolute Gasteiger partial charge is 0.464 e. The number of halogens is 1. The molecule has 1 aromatic heterocycles. The number of urea groups is 1. The van der Waals surface area contributed by atoms with E-state index < -0.39 is 5.54 Å². The molecule has 1 aliphatic heterocycles. The first-order chi connectivity index (χ1) is 12.8. The second-order valence-corrected chi connectivity index (χ2v) is 7.00. The van der Waals surface area contributed by atoms with Gasteiger partial charge in [0.2, 0.25) is 0 Å². The number of furan rings is 1. The van der Waals surface area contributed by atoms with Crippen molar-refractivity contribution in [1.82, 2.24) is 20.9 Å². The molecule has 0 spiro atoms. The van der Waals surface area contributed by atoms with E-state index in [1.807, 2.05) is 39.8 Å². The zero-order valence-corrected chi connectivity index (χ0v) is 19.6. The van der Waals surface area contributed by atoms with Crippen LogP contribution < -0.4 is 16.0 Å². The van der Waals surface area contributed by atoms with Gasteiger partial charge in [0, 0.05) is 19.6 Å². The quantitative estimate of drug-likeness (QED) is 0.166. The van der Waals surface area contributed by atoms with Crippen molar-refractivity contribution in [2.75, 3.05) is 19.6 Å². The van der Waals surface area contributed by atoms with E-state index in [0.717, 1.165) is 18.1 Å². The highest BCUT2D eigenvalue weighted by atomic mass is 127. The van der Waals surface area contributed by atoms with E-state index in [2.05, 4.69) is 20.9 Å². The van der Waals surface area contributed by atoms with Crippen LogP contribution >= 0.6 is 24.0 Å². The molecule has 1 aliphatic rings. The van der Waals surface area contributed by atoms with Crippen LogP contribution in [0.3, 0.4) is 0 Å². The summed E-state index contributed by atoms with van der Waals surface area (Å²) >= 11 is 0. The van der Waals surface area contributed by atoms with E-state index in [1.54, 1.807) is 6.92 Å². The Morgan fingerprint density at radius 3 is 2.61 bits per heavy atom. The van der Waals surface area contributed by atoms with Crippen molar-refractivity contribution < 1.29 is 14.0 Å². The fraction of sp³-hybridized carbons (Fsp3) is 0.632. The summed E-state index contributed by atoms with van der Waals surface area (Å²) in [6, 6.07) is 3.53. The summed E-state index contributed by atoms with van der Waals surface area (Å²) in [6.45, 7) is 11.2. The van der Waals surface area contributed by atoms with E-state index in [9.17, 15) is 9.59 Å². The Morgan fingerprint density at radius 2 is 2.07 bits per heavy atom. The topological polar surface area (TPSA) is 99.0 Å². The van der Waals surface area contributed by atoms with Crippen molar-refractivity contribution in [2.24, 2.45) is 4.99 Å². The Balaban J connectivity index is 0.00000392. The first-order valence-corrected chi connectivity index (χ1v) is 9.56. The molecular formula is C19H32IN5O3. The van der Waals surface area contributed by atoms with Crippen molar-refractivity contribution in [1.29, 1.82) is 0 Å². The van der Waals surface area contributed by atoms with E-state index in [0.29, 0.717) is 31.9 Å². The van der Waals surface area contributed by atoms with Crippen LogP contribution in [0.25, 0.3) is 0 Å². The number of guanidine groups is 1. The lowest BCUT2D eigenvalue weighted by Gasteiger charge is -2.19. The van der Waals surface area contributed by atoms with E-state index in [-0.39, 0.29) is 42.0 Å². The van der Waals surface area contributed by atoms with Gasteiger partial charge in [-0.3, -0.25) is 14.7 Å². The van der Waals surface area contributed by atoms with Gasteiger partial charge in [-0.25, -0.2) is 4.79 Å². The number of carbonyl (C=O) groups is 2. The molecule has 1 aromatic rings. The highest BCUT2D eigenvalue weighted by molar-refractivity contribution is 14.0. The molecule has 3 N–H and O–H groups in total. The zero-order valence-electron chi connectivity index (χ0n) is 17.3. The molecule has 0 radical (unpaired) electrons. The molecule has 2 heterocycles. The van der Waals surface area contributed by atoms with Gasteiger partial charge in [0.25, 0.3) is 5.91 Å². The van der Waals surface area contributed by atoms with E-state index in [4.69, 9.17) is 4.42 Å². The molecular weight excluding hydrogens is 473 g/mol. The minimum absolute atomic E-state index is 0. The van der Waals surface area contributed by atoms with Gasteiger partial charge in [-0.2, -0.15) is 0 Å². The molecule has 2 atom stereocenters. The average Bonchev–Trinajstić information content (AvgIpc) is 3.15. The summed E-state index contributed by atoms with van der Waals surface area (Å²) in [5.74, 6) is 2.23. The van der Waals surface area contributed by atoms with Crippen LogP contribution in [0.2, 0.25) is 0 Å². The maximum absolute atomic E-state index is 12.4. The highest BCUT2D eigenvalue weighted by Gasteiger charge is 2.45. The number of amides is 3. The predicted octanol–water partition coefficient (Wildman–Crippen LogP) is 2.93. The number of nitrogens with zero attached hydrogens (tertiary/aromatic N) is 2. The third-order valence-electron chi connectivity index (χ3n) is 4.75. The van der Waals surface area contributed by atoms with E-state index >= 15 is 0 Å². The standard InChI is InChI=1S/C19H31N5O3.HI/c1-6-19(5)16(25)24(18(26)23-19)12-8-11-21-17(20-7-2)22-14(4)15-10-9-13(3)27-15;/h9-10,14H,6-8,11-12H2,1-5H3,(H,23,26)(H2,20,21,22);1H. The molecule has 2 unspecified atom stereocenters. The van der Waals surface area contributed by atoms with E-state index in [1.165, 1.54) is 4.90 Å². The van der Waals surface area contributed by atoms with Gasteiger partial charge in [-0.15, -0.1) is 24.0 Å². The Kier molecular flexibility index (Phi) is 9.25. The zero-order chi connectivity index (χ0) is 20.0. The molecule has 0 bridgehead atoms. The number of nitrogens with one attached hydrogen (secondary N) is 3. The number of hydrogen-bond acceptors (Lipinski definition) is 4. The van der Waals surface area contributed by atoms with Gasteiger partial charge in [0.15, 0.2) is 5.96 Å². The van der Waals surface area contributed by atoms with Gasteiger partial charge in [-0.05, 0) is 52.7 Å². The molecule has 1 saturated heterocycles. The Hall–Kier alpha value is -1.78. The number of rotatable bonds is 8. The number of aryl methyl sites for hydroxylation is 1. The Labute approximate surface area is 183 Å². The van der Waals surface area contributed by atoms with Crippen molar-refractivity contribution in [2.45, 2.75) is 59.0 Å². The van der Waals surface area contributed by atoms with Gasteiger partial charge in [-0.1, -0.05) is 6.92 Å². The maximum atomic E-state index is 12.4. The van der Waals surface area contributed by atoms with Gasteiger partial charge in [0.05, 0.1) is 6.04 Å². The lowest BCUT2D eigenvalue weighted by molar-refractivity contribution is -0.130. The van der Waals surface area contributed by atoms with Crippen LogP contribution in [0.15, 0.2) is 21.5 Å². The van der Waals surface area contributed by atoms with Crippen LogP contribution in [-0.4, -0.2) is 48.0 Å². The summed E-state index contributed by atoms with van der Waals surface area (Å²) in [6.07, 6.45) is 1.18. The molecule has 0 aliphatic carbocycles. The molecule has 2 rings (SSSR count). The molecule has 0 saturated carbocycles. The smallest absolute Gasteiger partial charge is 0.325 e. The number of aliphatic imine (C=N–C) groups is 1. The minimum Gasteiger partial charge on any atom is -0.464 e. The minimum atomic E-state index is -0.784. The monoisotopic (exact) mass is 505 g/mol. The molecule has 9 heteroatoms. The predicted molar refractivity (Wildman–Crippen MR) is 120 cm³/mol. The summed E-state index contributed by atoms with van der Waals surface area (Å²) in [7, 11) is 0. The summed E-state index contributed by atoms with van der Waals surface area (Å²) < 4.78 is 5.64.